The van der Waals surface area contributed by atoms with Crippen LogP contribution in [0.25, 0.3) is 0 Å². The lowest BCUT2D eigenvalue weighted by Gasteiger charge is -2.20. The molecule has 21 heavy (non-hydrogen) atoms. The maximum absolute atomic E-state index is 12.1. The first kappa shape index (κ1) is 16.8. The van der Waals surface area contributed by atoms with Crippen LogP contribution in [0.2, 0.25) is 0 Å². The third-order valence-corrected chi connectivity index (χ3v) is 3.08. The third-order valence-electron chi connectivity index (χ3n) is 3.08. The zero-order chi connectivity index (χ0) is 16.0. The van der Waals surface area contributed by atoms with Crippen molar-refractivity contribution in [2.24, 2.45) is 5.92 Å². The smallest absolute Gasteiger partial charge is 0.335 e. The Balaban J connectivity index is 2.82. The number of aromatic carboxylic acids is 1. The zero-order valence-electron chi connectivity index (χ0n) is 12.8. The summed E-state index contributed by atoms with van der Waals surface area (Å²) in [6, 6.07) is 4.04. The largest absolute Gasteiger partial charge is 0.495 e. The fourth-order valence-electron chi connectivity index (χ4n) is 1.70. The van der Waals surface area contributed by atoms with Crippen LogP contribution in [-0.4, -0.2) is 42.7 Å². The molecule has 0 radical (unpaired) electrons. The quantitative estimate of drug-likeness (QED) is 0.845. The molecular formula is C15H22N2O4. The second-order valence-corrected chi connectivity index (χ2v) is 5.25. The van der Waals surface area contributed by atoms with Crippen LogP contribution in [0.5, 0.6) is 5.75 Å². The molecule has 0 aliphatic rings. The standard InChI is InChI=1S/C15H22N2O4/c1-10(2)7-8-17(3)15(20)16-12-9-11(14(18)19)5-6-13(12)21-4/h5-6,9-10H,7-8H2,1-4H3,(H,16,20)(H,18,19). The number of benzene rings is 1. The van der Waals surface area contributed by atoms with Gasteiger partial charge in [-0.05, 0) is 30.5 Å². The molecule has 1 aromatic carbocycles. The molecule has 0 heterocycles. The summed E-state index contributed by atoms with van der Waals surface area (Å²) < 4.78 is 5.13. The second kappa shape index (κ2) is 7.52. The van der Waals surface area contributed by atoms with Gasteiger partial charge < -0.3 is 20.1 Å². The molecule has 0 fully saturated rings. The Hall–Kier alpha value is -2.24. The van der Waals surface area contributed by atoms with E-state index in [1.165, 1.54) is 25.3 Å². The summed E-state index contributed by atoms with van der Waals surface area (Å²) >= 11 is 0. The molecule has 0 saturated carbocycles. The van der Waals surface area contributed by atoms with Crippen molar-refractivity contribution in [1.82, 2.24) is 4.90 Å². The monoisotopic (exact) mass is 294 g/mol. The lowest BCUT2D eigenvalue weighted by molar-refractivity contribution is 0.0697. The van der Waals surface area contributed by atoms with Gasteiger partial charge in [0.15, 0.2) is 0 Å². The minimum atomic E-state index is -1.05. The van der Waals surface area contributed by atoms with Gasteiger partial charge >= 0.3 is 12.0 Å². The zero-order valence-corrected chi connectivity index (χ0v) is 12.8. The molecule has 6 nitrogen and oxygen atoms in total. The number of carboxylic acid groups (broad SMARTS) is 1. The number of carboxylic acids is 1. The predicted octanol–water partition coefficient (Wildman–Crippen LogP) is 2.90. The first-order valence-corrected chi connectivity index (χ1v) is 6.78. The molecular weight excluding hydrogens is 272 g/mol. The summed E-state index contributed by atoms with van der Waals surface area (Å²) in [5, 5.41) is 11.7. The molecule has 0 spiro atoms. The van der Waals surface area contributed by atoms with E-state index in [1.807, 2.05) is 0 Å². The van der Waals surface area contributed by atoms with E-state index in [0.717, 1.165) is 6.42 Å². The van der Waals surface area contributed by atoms with Crippen LogP contribution in [0, 0.1) is 5.92 Å². The van der Waals surface area contributed by atoms with Crippen molar-refractivity contribution in [2.45, 2.75) is 20.3 Å². The van der Waals surface area contributed by atoms with E-state index in [0.29, 0.717) is 23.9 Å². The van der Waals surface area contributed by atoms with Crippen LogP contribution in [-0.2, 0) is 0 Å². The molecule has 1 rings (SSSR count). The van der Waals surface area contributed by atoms with Gasteiger partial charge in [-0.1, -0.05) is 13.8 Å². The molecule has 1 aromatic rings. The number of rotatable bonds is 6. The van der Waals surface area contributed by atoms with E-state index < -0.39 is 5.97 Å². The average Bonchev–Trinajstić information content (AvgIpc) is 2.44. The number of hydrogen-bond acceptors (Lipinski definition) is 3. The molecule has 0 aromatic heterocycles. The fraction of sp³-hybridized carbons (Fsp3) is 0.467. The number of carbonyl (C=O) groups excluding carboxylic acids is 1. The Labute approximate surface area is 124 Å². The first-order chi connectivity index (χ1) is 9.85. The molecule has 2 N–H and O–H groups in total. The van der Waals surface area contributed by atoms with E-state index in [9.17, 15) is 9.59 Å². The minimum absolute atomic E-state index is 0.0935. The van der Waals surface area contributed by atoms with Crippen LogP contribution in [0.4, 0.5) is 10.5 Å². The highest BCUT2D eigenvalue weighted by Crippen LogP contribution is 2.25. The number of carbonyl (C=O) groups is 2. The number of hydrogen-bond donors (Lipinski definition) is 2. The van der Waals surface area contributed by atoms with E-state index in [-0.39, 0.29) is 11.6 Å². The number of methoxy groups -OCH3 is 1. The number of urea groups is 1. The third kappa shape index (κ3) is 4.98. The van der Waals surface area contributed by atoms with Gasteiger partial charge in [0, 0.05) is 13.6 Å². The molecule has 0 unspecified atom stereocenters. The van der Waals surface area contributed by atoms with Gasteiger partial charge in [0.05, 0.1) is 18.4 Å². The second-order valence-electron chi connectivity index (χ2n) is 5.25. The summed E-state index contributed by atoms with van der Waals surface area (Å²) in [5.74, 6) is -0.128. The van der Waals surface area contributed by atoms with Crippen LogP contribution in [0.1, 0.15) is 30.6 Å². The summed E-state index contributed by atoms with van der Waals surface area (Å²) in [6.07, 6.45) is 0.899. The van der Waals surface area contributed by atoms with Gasteiger partial charge in [-0.3, -0.25) is 0 Å². The van der Waals surface area contributed by atoms with Gasteiger partial charge in [0.25, 0.3) is 0 Å². The summed E-state index contributed by atoms with van der Waals surface area (Å²) in [7, 11) is 3.17. The van der Waals surface area contributed by atoms with Crippen LogP contribution in [0.15, 0.2) is 18.2 Å². The van der Waals surface area contributed by atoms with Crippen molar-refractivity contribution in [1.29, 1.82) is 0 Å². The van der Waals surface area contributed by atoms with Crippen molar-refractivity contribution in [2.75, 3.05) is 26.0 Å². The van der Waals surface area contributed by atoms with E-state index in [2.05, 4.69) is 19.2 Å². The van der Waals surface area contributed by atoms with Gasteiger partial charge in [-0.2, -0.15) is 0 Å². The Bertz CT molecular complexity index is 514. The van der Waals surface area contributed by atoms with E-state index in [1.54, 1.807) is 11.9 Å². The summed E-state index contributed by atoms with van der Waals surface area (Å²) in [6.45, 7) is 4.81. The predicted molar refractivity (Wildman–Crippen MR) is 81.1 cm³/mol. The normalized spacial score (nSPS) is 10.3. The Morgan fingerprint density at radius 1 is 1.38 bits per heavy atom. The van der Waals surface area contributed by atoms with Crippen LogP contribution in [0.3, 0.4) is 0 Å². The molecule has 2 amide bonds. The van der Waals surface area contributed by atoms with Gasteiger partial charge in [-0.25, -0.2) is 9.59 Å². The maximum Gasteiger partial charge on any atom is 0.335 e. The van der Waals surface area contributed by atoms with Crippen molar-refractivity contribution < 1.29 is 19.4 Å². The van der Waals surface area contributed by atoms with Crippen LogP contribution >= 0.6 is 0 Å². The van der Waals surface area contributed by atoms with Gasteiger partial charge in [0.2, 0.25) is 0 Å². The van der Waals surface area contributed by atoms with Gasteiger partial charge in [0.1, 0.15) is 5.75 Å². The average molecular weight is 294 g/mol. The number of nitrogens with one attached hydrogen (secondary N) is 1. The number of amides is 2. The molecule has 0 aliphatic heterocycles. The van der Waals surface area contributed by atoms with Crippen LogP contribution < -0.4 is 10.1 Å². The molecule has 116 valence electrons. The lowest BCUT2D eigenvalue weighted by Crippen LogP contribution is -2.32. The number of ether oxygens (including phenoxy) is 1. The van der Waals surface area contributed by atoms with E-state index >= 15 is 0 Å². The molecule has 0 bridgehead atoms. The van der Waals surface area contributed by atoms with Gasteiger partial charge in [-0.15, -0.1) is 0 Å². The summed E-state index contributed by atoms with van der Waals surface area (Å²) in [5.41, 5.74) is 0.440. The topological polar surface area (TPSA) is 78.9 Å². The molecule has 0 aliphatic carbocycles. The Kier molecular flexibility index (Phi) is 6.02. The van der Waals surface area contributed by atoms with Crippen molar-refractivity contribution in [3.63, 3.8) is 0 Å². The number of nitrogens with zero attached hydrogens (tertiary/aromatic N) is 1. The fourth-order valence-corrected chi connectivity index (χ4v) is 1.70. The van der Waals surface area contributed by atoms with Crippen molar-refractivity contribution in [3.05, 3.63) is 23.8 Å². The highest BCUT2D eigenvalue weighted by molar-refractivity contribution is 5.94. The SMILES string of the molecule is COc1ccc(C(=O)O)cc1NC(=O)N(C)CCC(C)C. The minimum Gasteiger partial charge on any atom is -0.495 e. The highest BCUT2D eigenvalue weighted by Gasteiger charge is 2.14. The van der Waals surface area contributed by atoms with E-state index in [4.69, 9.17) is 9.84 Å². The lowest BCUT2D eigenvalue weighted by atomic mass is 10.1. The molecule has 6 heteroatoms. The highest BCUT2D eigenvalue weighted by atomic mass is 16.5. The Morgan fingerprint density at radius 2 is 2.05 bits per heavy atom. The molecule has 0 atom stereocenters. The Morgan fingerprint density at radius 3 is 2.57 bits per heavy atom. The van der Waals surface area contributed by atoms with Crippen molar-refractivity contribution >= 4 is 17.7 Å². The molecule has 0 saturated heterocycles. The summed E-state index contributed by atoms with van der Waals surface area (Å²) in [4.78, 5) is 24.6. The first-order valence-electron chi connectivity index (χ1n) is 6.78. The number of anilines is 1. The van der Waals surface area contributed by atoms with Crippen molar-refractivity contribution in [3.8, 4) is 5.75 Å². The maximum atomic E-state index is 12.1.